The highest BCUT2D eigenvalue weighted by Gasteiger charge is 2.34. The van der Waals surface area contributed by atoms with Crippen molar-refractivity contribution >= 4 is 27.3 Å². The van der Waals surface area contributed by atoms with Gasteiger partial charge in [0.2, 0.25) is 5.91 Å². The average Bonchev–Trinajstić information content (AvgIpc) is 2.82. The van der Waals surface area contributed by atoms with E-state index in [9.17, 15) is 23.3 Å². The molecule has 0 bridgehead atoms. The van der Waals surface area contributed by atoms with E-state index < -0.39 is 32.1 Å². The molecule has 164 valence electrons. The topological polar surface area (TPSA) is 101 Å². The number of carbonyl (C=O) groups excluding carboxylic acids is 1. The van der Waals surface area contributed by atoms with E-state index in [2.05, 4.69) is 0 Å². The molecule has 9 heteroatoms. The standard InChI is InChI=1S/C23H21N3O5S/c27-23(24-15-14-18-8-4-5-9-19(18)16-24)17-25(20-10-2-1-3-11-20)32(30,31)22-13-7-6-12-21(22)26(28)29/h1-13H,14-17H2. The average molecular weight is 452 g/mol. The first-order valence-electron chi connectivity index (χ1n) is 10.0. The van der Waals surface area contributed by atoms with E-state index in [-0.39, 0.29) is 11.6 Å². The molecule has 32 heavy (non-hydrogen) atoms. The van der Waals surface area contributed by atoms with Gasteiger partial charge in [0, 0.05) is 19.2 Å². The molecule has 0 aliphatic carbocycles. The Morgan fingerprint density at radius 2 is 1.56 bits per heavy atom. The molecule has 0 fully saturated rings. The molecule has 1 aliphatic heterocycles. The quantitative estimate of drug-likeness (QED) is 0.422. The largest absolute Gasteiger partial charge is 0.336 e. The molecule has 0 aromatic heterocycles. The zero-order chi connectivity index (χ0) is 22.7. The summed E-state index contributed by atoms with van der Waals surface area (Å²) in [5, 5.41) is 11.5. The summed E-state index contributed by atoms with van der Waals surface area (Å²) < 4.78 is 28.0. The third-order valence-corrected chi connectivity index (χ3v) is 7.26. The molecule has 4 rings (SSSR count). The number of rotatable bonds is 6. The number of anilines is 1. The predicted octanol–water partition coefficient (Wildman–Crippen LogP) is 3.38. The summed E-state index contributed by atoms with van der Waals surface area (Å²) in [5.74, 6) is -0.370. The van der Waals surface area contributed by atoms with Crippen molar-refractivity contribution in [2.45, 2.75) is 17.9 Å². The molecule has 0 spiro atoms. The molecular formula is C23H21N3O5S. The van der Waals surface area contributed by atoms with Crippen LogP contribution in [0.1, 0.15) is 11.1 Å². The molecule has 1 heterocycles. The van der Waals surface area contributed by atoms with Gasteiger partial charge in [0.1, 0.15) is 6.54 Å². The maximum Gasteiger partial charge on any atom is 0.289 e. The summed E-state index contributed by atoms with van der Waals surface area (Å²) in [6, 6.07) is 21.1. The highest BCUT2D eigenvalue weighted by molar-refractivity contribution is 7.93. The second-order valence-electron chi connectivity index (χ2n) is 7.41. The zero-order valence-electron chi connectivity index (χ0n) is 17.1. The van der Waals surface area contributed by atoms with Crippen molar-refractivity contribution in [3.05, 3.63) is 100 Å². The minimum absolute atomic E-state index is 0.261. The number of nitrogens with zero attached hydrogens (tertiary/aromatic N) is 3. The van der Waals surface area contributed by atoms with Crippen LogP contribution in [-0.4, -0.2) is 37.2 Å². The van der Waals surface area contributed by atoms with Gasteiger partial charge >= 0.3 is 0 Å². The van der Waals surface area contributed by atoms with Crippen molar-refractivity contribution in [3.8, 4) is 0 Å². The van der Waals surface area contributed by atoms with E-state index in [1.807, 2.05) is 24.3 Å². The van der Waals surface area contributed by atoms with Gasteiger partial charge in [-0.2, -0.15) is 0 Å². The van der Waals surface area contributed by atoms with Gasteiger partial charge in [-0.05, 0) is 35.7 Å². The number of hydrogen-bond donors (Lipinski definition) is 0. The van der Waals surface area contributed by atoms with Gasteiger partial charge in [0.05, 0.1) is 10.6 Å². The predicted molar refractivity (Wildman–Crippen MR) is 120 cm³/mol. The first kappa shape index (κ1) is 21.5. The van der Waals surface area contributed by atoms with Gasteiger partial charge < -0.3 is 4.90 Å². The molecular weight excluding hydrogens is 430 g/mol. The minimum atomic E-state index is -4.38. The number of sulfonamides is 1. The Morgan fingerprint density at radius 1 is 0.938 bits per heavy atom. The lowest BCUT2D eigenvalue weighted by Gasteiger charge is -2.31. The Hall–Kier alpha value is -3.72. The van der Waals surface area contributed by atoms with Gasteiger partial charge in [-0.3, -0.25) is 19.2 Å². The first-order valence-corrected chi connectivity index (χ1v) is 11.5. The second-order valence-corrected chi connectivity index (χ2v) is 9.24. The number of carbonyl (C=O) groups is 1. The molecule has 0 saturated heterocycles. The number of nitro groups is 1. The van der Waals surface area contributed by atoms with Crippen molar-refractivity contribution in [1.29, 1.82) is 0 Å². The minimum Gasteiger partial charge on any atom is -0.336 e. The molecule has 3 aromatic carbocycles. The van der Waals surface area contributed by atoms with E-state index in [0.717, 1.165) is 15.9 Å². The summed E-state index contributed by atoms with van der Waals surface area (Å²) >= 11 is 0. The summed E-state index contributed by atoms with van der Waals surface area (Å²) in [7, 11) is -4.38. The van der Waals surface area contributed by atoms with Gasteiger partial charge in [-0.25, -0.2) is 8.42 Å². The first-order chi connectivity index (χ1) is 15.4. The SMILES string of the molecule is O=C(CN(c1ccccc1)S(=O)(=O)c1ccccc1[N+](=O)[O-])N1CCc2ccccc2C1. The van der Waals surface area contributed by atoms with Gasteiger partial charge in [0.25, 0.3) is 15.7 Å². The number of benzene rings is 3. The Bertz CT molecular complexity index is 1260. The Balaban J connectivity index is 1.68. The summed E-state index contributed by atoms with van der Waals surface area (Å²) in [4.78, 5) is 25.1. The Morgan fingerprint density at radius 3 is 2.28 bits per heavy atom. The van der Waals surface area contributed by atoms with Crippen LogP contribution in [0.3, 0.4) is 0 Å². The lowest BCUT2D eigenvalue weighted by molar-refractivity contribution is -0.387. The summed E-state index contributed by atoms with van der Waals surface area (Å²) in [6.45, 7) is 0.410. The molecule has 8 nitrogen and oxygen atoms in total. The Kier molecular flexibility index (Phi) is 5.91. The summed E-state index contributed by atoms with van der Waals surface area (Å²) in [5.41, 5.74) is 1.92. The van der Waals surface area contributed by atoms with E-state index in [1.165, 1.54) is 23.8 Å². The fraction of sp³-hybridized carbons (Fsp3) is 0.174. The molecule has 0 atom stereocenters. The third-order valence-electron chi connectivity index (χ3n) is 5.44. The number of nitro benzene ring substituents is 1. The molecule has 3 aromatic rings. The van der Waals surface area contributed by atoms with Gasteiger partial charge in [-0.1, -0.05) is 54.6 Å². The molecule has 1 aliphatic rings. The fourth-order valence-corrected chi connectivity index (χ4v) is 5.36. The van der Waals surface area contributed by atoms with Crippen LogP contribution in [0.5, 0.6) is 0 Å². The van der Waals surface area contributed by atoms with E-state index in [4.69, 9.17) is 0 Å². The number of hydrogen-bond acceptors (Lipinski definition) is 5. The van der Waals surface area contributed by atoms with Crippen LogP contribution < -0.4 is 4.31 Å². The molecule has 0 radical (unpaired) electrons. The molecule has 0 N–H and O–H groups in total. The van der Waals surface area contributed by atoms with Crippen LogP contribution in [0, 0.1) is 10.1 Å². The van der Waals surface area contributed by atoms with Gasteiger partial charge in [-0.15, -0.1) is 0 Å². The smallest absolute Gasteiger partial charge is 0.289 e. The second kappa shape index (κ2) is 8.80. The highest BCUT2D eigenvalue weighted by atomic mass is 32.2. The monoisotopic (exact) mass is 451 g/mol. The van der Waals surface area contributed by atoms with E-state index >= 15 is 0 Å². The van der Waals surface area contributed by atoms with Crippen molar-refractivity contribution in [2.24, 2.45) is 0 Å². The van der Waals surface area contributed by atoms with Crippen molar-refractivity contribution in [3.63, 3.8) is 0 Å². The van der Waals surface area contributed by atoms with Crippen LogP contribution in [0.25, 0.3) is 0 Å². The number of para-hydroxylation sites is 2. The van der Waals surface area contributed by atoms with Crippen molar-refractivity contribution in [1.82, 2.24) is 4.90 Å². The maximum absolute atomic E-state index is 13.5. The van der Waals surface area contributed by atoms with Crippen LogP contribution >= 0.6 is 0 Å². The molecule has 1 amide bonds. The third kappa shape index (κ3) is 4.19. The number of fused-ring (bicyclic) bond motifs is 1. The molecule has 0 unspecified atom stereocenters. The van der Waals surface area contributed by atoms with E-state index in [0.29, 0.717) is 19.5 Å². The van der Waals surface area contributed by atoms with Crippen LogP contribution in [0.4, 0.5) is 11.4 Å². The molecule has 0 saturated carbocycles. The van der Waals surface area contributed by atoms with Crippen LogP contribution in [-0.2, 0) is 27.8 Å². The maximum atomic E-state index is 13.5. The van der Waals surface area contributed by atoms with E-state index in [1.54, 1.807) is 35.2 Å². The van der Waals surface area contributed by atoms with Crippen molar-refractivity contribution < 1.29 is 18.1 Å². The summed E-state index contributed by atoms with van der Waals surface area (Å²) in [6.07, 6.45) is 0.685. The highest BCUT2D eigenvalue weighted by Crippen LogP contribution is 2.30. The fourth-order valence-electron chi connectivity index (χ4n) is 3.79. The normalized spacial score (nSPS) is 13.3. The van der Waals surface area contributed by atoms with Crippen LogP contribution in [0.15, 0.2) is 83.8 Å². The zero-order valence-corrected chi connectivity index (χ0v) is 17.9. The van der Waals surface area contributed by atoms with Crippen molar-refractivity contribution in [2.75, 3.05) is 17.4 Å². The lowest BCUT2D eigenvalue weighted by Crippen LogP contribution is -2.44. The number of amides is 1. The van der Waals surface area contributed by atoms with Crippen LogP contribution in [0.2, 0.25) is 0 Å². The van der Waals surface area contributed by atoms with Gasteiger partial charge in [0.15, 0.2) is 4.90 Å². The lowest BCUT2D eigenvalue weighted by atomic mass is 10.00. The Labute approximate surface area is 185 Å².